The molecular weight excluding hydrogens is 359 g/mol. The monoisotopic (exact) mass is 380 g/mol. The predicted molar refractivity (Wildman–Crippen MR) is 95.3 cm³/mol. The van der Waals surface area contributed by atoms with E-state index < -0.39 is 10.0 Å². The molecule has 0 radical (unpaired) electrons. The summed E-state index contributed by atoms with van der Waals surface area (Å²) in [6.07, 6.45) is 0. The fourth-order valence-electron chi connectivity index (χ4n) is 2.38. The second-order valence-electron chi connectivity index (χ2n) is 5.77. The fourth-order valence-corrected chi connectivity index (χ4v) is 3.40. The number of carbonyl (C=O) groups is 1. The van der Waals surface area contributed by atoms with Gasteiger partial charge < -0.3 is 4.90 Å². The van der Waals surface area contributed by atoms with E-state index in [0.29, 0.717) is 0 Å². The van der Waals surface area contributed by atoms with Crippen LogP contribution < -0.4 is 0 Å². The first-order valence-electron chi connectivity index (χ1n) is 7.84. The molecule has 140 valence electrons. The highest BCUT2D eigenvalue weighted by molar-refractivity contribution is 7.89. The minimum atomic E-state index is -3.85. The molecule has 0 saturated heterocycles. The van der Waals surface area contributed by atoms with Crippen LogP contribution in [0, 0.1) is 5.82 Å². The maximum Gasteiger partial charge on any atom is 0.264 e. The van der Waals surface area contributed by atoms with E-state index in [1.165, 1.54) is 49.4 Å². The summed E-state index contributed by atoms with van der Waals surface area (Å²) in [6, 6.07) is 11.3. The number of carbonyl (C=O) groups excluding carboxylic acids is 1. The first kappa shape index (κ1) is 20.0. The molecule has 6 nitrogen and oxygen atoms in total. The van der Waals surface area contributed by atoms with Gasteiger partial charge in [-0.15, -0.1) is 0 Å². The van der Waals surface area contributed by atoms with Crippen molar-refractivity contribution in [2.45, 2.75) is 17.9 Å². The summed E-state index contributed by atoms with van der Waals surface area (Å²) in [5.74, 6) is -0.700. The van der Waals surface area contributed by atoms with Crippen molar-refractivity contribution in [1.29, 1.82) is 0 Å². The van der Waals surface area contributed by atoms with Crippen LogP contribution >= 0.6 is 0 Å². The topological polar surface area (TPSA) is 66.9 Å². The van der Waals surface area contributed by atoms with E-state index in [9.17, 15) is 17.6 Å². The highest BCUT2D eigenvalue weighted by atomic mass is 32.2. The smallest absolute Gasteiger partial charge is 0.264 e. The van der Waals surface area contributed by atoms with Crippen LogP contribution in [0.4, 0.5) is 4.39 Å². The van der Waals surface area contributed by atoms with Crippen LogP contribution in [0.5, 0.6) is 0 Å². The van der Waals surface area contributed by atoms with Crippen molar-refractivity contribution in [2.24, 2.45) is 0 Å². The molecule has 1 unspecified atom stereocenters. The number of hydrogen-bond acceptors (Lipinski definition) is 4. The molecular formula is C18H21FN2O4S. The van der Waals surface area contributed by atoms with Crippen molar-refractivity contribution in [3.05, 3.63) is 65.5 Å². The zero-order chi connectivity index (χ0) is 19.5. The van der Waals surface area contributed by atoms with Crippen molar-refractivity contribution in [2.75, 3.05) is 21.2 Å². The van der Waals surface area contributed by atoms with Gasteiger partial charge in [-0.25, -0.2) is 12.8 Å². The zero-order valence-electron chi connectivity index (χ0n) is 15.0. The molecule has 0 heterocycles. The highest BCUT2D eigenvalue weighted by Crippen LogP contribution is 2.22. The number of halogens is 1. The summed E-state index contributed by atoms with van der Waals surface area (Å²) in [5.41, 5.74) is 0.997. The fraction of sp³-hybridized carbons (Fsp3) is 0.278. The van der Waals surface area contributed by atoms with Crippen LogP contribution in [0.3, 0.4) is 0 Å². The van der Waals surface area contributed by atoms with Gasteiger partial charge in [0.15, 0.2) is 0 Å². The maximum absolute atomic E-state index is 13.1. The Morgan fingerprint density at radius 1 is 1.12 bits per heavy atom. The Hall–Kier alpha value is -2.29. The van der Waals surface area contributed by atoms with Gasteiger partial charge in [0.05, 0.1) is 18.0 Å². The number of nitrogens with zero attached hydrogens (tertiary/aromatic N) is 2. The number of benzene rings is 2. The van der Waals surface area contributed by atoms with Gasteiger partial charge in [-0.3, -0.25) is 9.63 Å². The number of amides is 1. The molecule has 0 aliphatic heterocycles. The lowest BCUT2D eigenvalue weighted by molar-refractivity contribution is -0.0258. The van der Waals surface area contributed by atoms with E-state index in [-0.39, 0.29) is 28.2 Å². The van der Waals surface area contributed by atoms with E-state index in [1.54, 1.807) is 25.2 Å². The number of hydroxylamine groups is 1. The molecule has 26 heavy (non-hydrogen) atoms. The molecule has 2 aromatic carbocycles. The van der Waals surface area contributed by atoms with Crippen LogP contribution in [0.25, 0.3) is 0 Å². The molecule has 1 amide bonds. The lowest BCUT2D eigenvalue weighted by atomic mass is 10.1. The molecule has 0 saturated carbocycles. The van der Waals surface area contributed by atoms with Gasteiger partial charge in [0.2, 0.25) is 0 Å². The minimum absolute atomic E-state index is 0.0458. The highest BCUT2D eigenvalue weighted by Gasteiger charge is 2.24. The summed E-state index contributed by atoms with van der Waals surface area (Å²) < 4.78 is 38.5. The summed E-state index contributed by atoms with van der Waals surface area (Å²) in [4.78, 5) is 18.9. The van der Waals surface area contributed by atoms with E-state index in [2.05, 4.69) is 0 Å². The van der Waals surface area contributed by atoms with Gasteiger partial charge in [-0.05, 0) is 42.8 Å². The molecule has 1 atom stereocenters. The molecule has 0 fully saturated rings. The molecule has 2 rings (SSSR count). The first-order chi connectivity index (χ1) is 12.2. The molecule has 0 aliphatic rings. The SMILES string of the molecule is CON(C)S(=O)(=O)c1cccc(C(=O)N(C)C(C)c2ccc(F)cc2)c1. The second kappa shape index (κ2) is 7.94. The lowest BCUT2D eigenvalue weighted by Crippen LogP contribution is -2.30. The Morgan fingerprint density at radius 2 is 1.73 bits per heavy atom. The number of rotatable bonds is 6. The van der Waals surface area contributed by atoms with Crippen LogP contribution in [0.2, 0.25) is 0 Å². The summed E-state index contributed by atoms with van der Waals surface area (Å²) in [6.45, 7) is 1.81. The van der Waals surface area contributed by atoms with Crippen LogP contribution in [-0.2, 0) is 14.9 Å². The van der Waals surface area contributed by atoms with Crippen LogP contribution in [-0.4, -0.2) is 44.9 Å². The average Bonchev–Trinajstić information content (AvgIpc) is 2.66. The van der Waals surface area contributed by atoms with Crippen molar-refractivity contribution in [3.63, 3.8) is 0 Å². The van der Waals surface area contributed by atoms with Crippen LogP contribution in [0.15, 0.2) is 53.4 Å². The number of sulfonamides is 1. The Balaban J connectivity index is 2.29. The summed E-state index contributed by atoms with van der Waals surface area (Å²) in [5, 5.41) is 0. The lowest BCUT2D eigenvalue weighted by Gasteiger charge is -2.25. The largest absolute Gasteiger partial charge is 0.335 e. The molecule has 2 aromatic rings. The Kier molecular flexibility index (Phi) is 6.12. The molecule has 8 heteroatoms. The third-order valence-electron chi connectivity index (χ3n) is 4.23. The first-order valence-corrected chi connectivity index (χ1v) is 9.28. The van der Waals surface area contributed by atoms with E-state index >= 15 is 0 Å². The van der Waals surface area contributed by atoms with Gasteiger partial charge in [0.1, 0.15) is 5.82 Å². The Labute approximate surface area is 152 Å². The van der Waals surface area contributed by atoms with Gasteiger partial charge >= 0.3 is 0 Å². The van der Waals surface area contributed by atoms with Crippen LogP contribution in [0.1, 0.15) is 28.9 Å². The van der Waals surface area contributed by atoms with Crippen molar-refractivity contribution in [1.82, 2.24) is 9.37 Å². The normalized spacial score (nSPS) is 12.8. The Morgan fingerprint density at radius 3 is 2.31 bits per heavy atom. The van der Waals surface area contributed by atoms with E-state index in [4.69, 9.17) is 4.84 Å². The van der Waals surface area contributed by atoms with Crippen molar-refractivity contribution in [3.8, 4) is 0 Å². The molecule has 0 N–H and O–H groups in total. The zero-order valence-corrected chi connectivity index (χ0v) is 15.8. The van der Waals surface area contributed by atoms with Crippen molar-refractivity contribution < 1.29 is 22.4 Å². The van der Waals surface area contributed by atoms with Gasteiger partial charge in [-0.2, -0.15) is 0 Å². The van der Waals surface area contributed by atoms with Crippen molar-refractivity contribution >= 4 is 15.9 Å². The molecule has 0 spiro atoms. The maximum atomic E-state index is 13.1. The predicted octanol–water partition coefficient (Wildman–Crippen LogP) is 2.84. The Bertz CT molecular complexity index is 884. The molecule has 0 aliphatic carbocycles. The molecule has 0 bridgehead atoms. The summed E-state index contributed by atoms with van der Waals surface area (Å²) >= 11 is 0. The summed E-state index contributed by atoms with van der Waals surface area (Å²) in [7, 11) is 0.272. The minimum Gasteiger partial charge on any atom is -0.335 e. The standard InChI is InChI=1S/C18H21FN2O4S/c1-13(14-8-10-16(19)11-9-14)20(2)18(22)15-6-5-7-17(12-15)26(23,24)21(3)25-4/h5-13H,1-4H3. The molecule has 0 aromatic heterocycles. The number of hydrogen-bond donors (Lipinski definition) is 0. The quantitative estimate of drug-likeness (QED) is 0.723. The third kappa shape index (κ3) is 4.09. The van der Waals surface area contributed by atoms with E-state index in [1.807, 2.05) is 6.92 Å². The average molecular weight is 380 g/mol. The third-order valence-corrected chi connectivity index (χ3v) is 5.90. The second-order valence-corrected chi connectivity index (χ2v) is 7.70. The van der Waals surface area contributed by atoms with Gasteiger partial charge in [0.25, 0.3) is 15.9 Å². The van der Waals surface area contributed by atoms with Gasteiger partial charge in [-0.1, -0.05) is 22.7 Å². The van der Waals surface area contributed by atoms with Gasteiger partial charge in [0, 0.05) is 19.7 Å². The van der Waals surface area contributed by atoms with E-state index in [0.717, 1.165) is 10.0 Å².